The summed E-state index contributed by atoms with van der Waals surface area (Å²) in [6.07, 6.45) is 0.745. The van der Waals surface area contributed by atoms with E-state index in [0.717, 1.165) is 10.6 Å². The molecule has 0 aliphatic carbocycles. The second-order valence-electron chi connectivity index (χ2n) is 7.87. The molecule has 176 valence electrons. The van der Waals surface area contributed by atoms with Crippen LogP contribution in [0.5, 0.6) is 0 Å². The first-order valence-electron chi connectivity index (χ1n) is 10.6. The molecule has 4 amide bonds. The van der Waals surface area contributed by atoms with Gasteiger partial charge in [-0.15, -0.1) is 11.3 Å². The summed E-state index contributed by atoms with van der Waals surface area (Å²) in [5, 5.41) is 16.7. The lowest BCUT2D eigenvalue weighted by Crippen LogP contribution is -2.60. The number of likely N-dealkylation sites (tertiary alicyclic amines) is 1. The minimum atomic E-state index is -0.967. The summed E-state index contributed by atoms with van der Waals surface area (Å²) in [6, 6.07) is 6.80. The Morgan fingerprint density at radius 2 is 2.00 bits per heavy atom. The van der Waals surface area contributed by atoms with Gasteiger partial charge in [0.05, 0.1) is 5.01 Å². The molecule has 1 aromatic carbocycles. The van der Waals surface area contributed by atoms with E-state index in [1.54, 1.807) is 12.3 Å². The molecular formula is C22H27N5O5S. The molecule has 1 saturated heterocycles. The molecule has 1 aromatic heterocycles. The quantitative estimate of drug-likeness (QED) is 0.414. The van der Waals surface area contributed by atoms with Gasteiger partial charge in [-0.25, -0.2) is 4.98 Å². The van der Waals surface area contributed by atoms with E-state index >= 15 is 0 Å². The molecule has 10 nitrogen and oxygen atoms in total. The van der Waals surface area contributed by atoms with Gasteiger partial charge < -0.3 is 26.4 Å². The van der Waals surface area contributed by atoms with Crippen LogP contribution in [0, 0.1) is 6.92 Å². The van der Waals surface area contributed by atoms with Crippen LogP contribution >= 0.6 is 11.3 Å². The van der Waals surface area contributed by atoms with Gasteiger partial charge in [-0.1, -0.05) is 30.3 Å². The molecular weight excluding hydrogens is 446 g/mol. The molecule has 0 spiro atoms. The molecule has 0 radical (unpaired) electrons. The SMILES string of the molecule is Cc1nc(C(=O)N2CCC(NC(=O)CO)CC2C(=O)NC(Cc2ccccc2)C(N)=O)cs1. The van der Waals surface area contributed by atoms with Crippen LogP contribution in [0.2, 0.25) is 0 Å². The lowest BCUT2D eigenvalue weighted by Gasteiger charge is -2.39. The molecule has 0 bridgehead atoms. The first kappa shape index (κ1) is 24.3. The van der Waals surface area contributed by atoms with Crippen LogP contribution in [-0.2, 0) is 20.8 Å². The normalized spacial score (nSPS) is 18.9. The fourth-order valence-corrected chi connectivity index (χ4v) is 4.40. The Morgan fingerprint density at radius 3 is 2.61 bits per heavy atom. The van der Waals surface area contributed by atoms with Crippen molar-refractivity contribution in [1.82, 2.24) is 20.5 Å². The zero-order chi connectivity index (χ0) is 24.0. The van der Waals surface area contributed by atoms with Gasteiger partial charge in [-0.2, -0.15) is 0 Å². The number of carbonyl (C=O) groups excluding carboxylic acids is 4. The van der Waals surface area contributed by atoms with E-state index in [4.69, 9.17) is 10.8 Å². The number of hydrogen-bond donors (Lipinski definition) is 4. The highest BCUT2D eigenvalue weighted by Crippen LogP contribution is 2.22. The average molecular weight is 474 g/mol. The second kappa shape index (κ2) is 11.0. The van der Waals surface area contributed by atoms with Crippen molar-refractivity contribution >= 4 is 35.0 Å². The fraction of sp³-hybridized carbons (Fsp3) is 0.409. The summed E-state index contributed by atoms with van der Waals surface area (Å²) >= 11 is 1.33. The number of benzene rings is 1. The predicted octanol–water partition coefficient (Wildman–Crippen LogP) is -0.254. The Bertz CT molecular complexity index is 1010. The third kappa shape index (κ3) is 6.36. The number of nitrogens with two attached hydrogens (primary N) is 1. The van der Waals surface area contributed by atoms with Crippen molar-refractivity contribution in [2.24, 2.45) is 5.73 Å². The largest absolute Gasteiger partial charge is 0.387 e. The lowest BCUT2D eigenvalue weighted by molar-refractivity contribution is -0.132. The number of nitrogens with zero attached hydrogens (tertiary/aromatic N) is 2. The molecule has 5 N–H and O–H groups in total. The first-order valence-corrected chi connectivity index (χ1v) is 11.4. The molecule has 2 aromatic rings. The van der Waals surface area contributed by atoms with Crippen molar-refractivity contribution in [2.45, 2.75) is 44.3 Å². The van der Waals surface area contributed by atoms with E-state index in [9.17, 15) is 19.2 Å². The standard InChI is InChI=1S/C22H27N5O5S/c1-13-24-17(12-33-13)22(32)27-8-7-15(25-19(29)11-28)10-18(27)21(31)26-16(20(23)30)9-14-5-3-2-4-6-14/h2-6,12,15-16,18,28H,7-11H2,1H3,(H2,23,30)(H,25,29)(H,26,31). The van der Waals surface area contributed by atoms with Crippen molar-refractivity contribution in [3.05, 3.63) is 52.0 Å². The van der Waals surface area contributed by atoms with Crippen molar-refractivity contribution in [3.8, 4) is 0 Å². The number of thiazole rings is 1. The van der Waals surface area contributed by atoms with E-state index in [-0.39, 0.29) is 25.1 Å². The Morgan fingerprint density at radius 1 is 1.27 bits per heavy atom. The van der Waals surface area contributed by atoms with Gasteiger partial charge in [0.15, 0.2) is 0 Å². The Kier molecular flexibility index (Phi) is 8.12. The highest BCUT2D eigenvalue weighted by atomic mass is 32.1. The molecule has 0 saturated carbocycles. The second-order valence-corrected chi connectivity index (χ2v) is 8.93. The van der Waals surface area contributed by atoms with Gasteiger partial charge in [0, 0.05) is 24.4 Å². The summed E-state index contributed by atoms with van der Waals surface area (Å²) in [6.45, 7) is 1.31. The number of aliphatic hydroxyl groups is 1. The molecule has 3 unspecified atom stereocenters. The van der Waals surface area contributed by atoms with Crippen LogP contribution in [0.1, 0.15) is 33.9 Å². The number of amides is 4. The van der Waals surface area contributed by atoms with Crippen molar-refractivity contribution in [3.63, 3.8) is 0 Å². The number of piperidine rings is 1. The zero-order valence-corrected chi connectivity index (χ0v) is 19.0. The average Bonchev–Trinajstić information content (AvgIpc) is 3.24. The van der Waals surface area contributed by atoms with E-state index in [0.29, 0.717) is 6.42 Å². The van der Waals surface area contributed by atoms with Crippen LogP contribution < -0.4 is 16.4 Å². The summed E-state index contributed by atoms with van der Waals surface area (Å²) in [5.41, 5.74) is 6.60. The van der Waals surface area contributed by atoms with E-state index in [1.165, 1.54) is 16.2 Å². The number of primary amides is 1. The molecule has 2 heterocycles. The molecule has 3 atom stereocenters. The maximum absolute atomic E-state index is 13.3. The maximum atomic E-state index is 13.3. The van der Waals surface area contributed by atoms with Crippen LogP contribution in [0.4, 0.5) is 0 Å². The maximum Gasteiger partial charge on any atom is 0.274 e. The topological polar surface area (TPSA) is 155 Å². The molecule has 1 aliphatic rings. The van der Waals surface area contributed by atoms with Crippen molar-refractivity contribution < 1.29 is 24.3 Å². The number of aliphatic hydroxyl groups excluding tert-OH is 1. The lowest BCUT2D eigenvalue weighted by atomic mass is 9.95. The Labute approximate surface area is 195 Å². The number of rotatable bonds is 8. The first-order chi connectivity index (χ1) is 15.8. The highest BCUT2D eigenvalue weighted by molar-refractivity contribution is 7.09. The van der Waals surface area contributed by atoms with Gasteiger partial charge in [0.1, 0.15) is 24.4 Å². The monoisotopic (exact) mass is 473 g/mol. The van der Waals surface area contributed by atoms with Crippen LogP contribution in [-0.4, -0.2) is 69.9 Å². The summed E-state index contributed by atoms with van der Waals surface area (Å²) < 4.78 is 0. The number of aryl methyl sites for hydroxylation is 1. The summed E-state index contributed by atoms with van der Waals surface area (Å²) in [7, 11) is 0. The minimum Gasteiger partial charge on any atom is -0.387 e. The third-order valence-corrected chi connectivity index (χ3v) is 6.23. The van der Waals surface area contributed by atoms with Crippen LogP contribution in [0.15, 0.2) is 35.7 Å². The molecule has 1 fully saturated rings. The molecule has 11 heteroatoms. The van der Waals surface area contributed by atoms with Crippen LogP contribution in [0.25, 0.3) is 0 Å². The van der Waals surface area contributed by atoms with Crippen molar-refractivity contribution in [2.75, 3.05) is 13.2 Å². The van der Waals surface area contributed by atoms with Gasteiger partial charge in [0.2, 0.25) is 17.7 Å². The van der Waals surface area contributed by atoms with E-state index in [1.807, 2.05) is 30.3 Å². The zero-order valence-electron chi connectivity index (χ0n) is 18.2. The number of hydrogen-bond acceptors (Lipinski definition) is 7. The molecule has 3 rings (SSSR count). The molecule has 33 heavy (non-hydrogen) atoms. The Balaban J connectivity index is 1.79. The molecule has 1 aliphatic heterocycles. The number of nitrogens with one attached hydrogen (secondary N) is 2. The predicted molar refractivity (Wildman–Crippen MR) is 121 cm³/mol. The van der Waals surface area contributed by atoms with Crippen LogP contribution in [0.3, 0.4) is 0 Å². The van der Waals surface area contributed by atoms with Gasteiger partial charge in [-0.3, -0.25) is 19.2 Å². The summed E-state index contributed by atoms with van der Waals surface area (Å²) in [4.78, 5) is 55.7. The van der Waals surface area contributed by atoms with Gasteiger partial charge in [-0.05, 0) is 25.3 Å². The van der Waals surface area contributed by atoms with E-state index < -0.39 is 48.4 Å². The Hall–Kier alpha value is -3.31. The fourth-order valence-electron chi connectivity index (χ4n) is 3.81. The summed E-state index contributed by atoms with van der Waals surface area (Å²) in [5.74, 6) is -2.20. The van der Waals surface area contributed by atoms with E-state index in [2.05, 4.69) is 15.6 Å². The third-order valence-electron chi connectivity index (χ3n) is 5.46. The highest BCUT2D eigenvalue weighted by Gasteiger charge is 2.38. The smallest absolute Gasteiger partial charge is 0.274 e. The minimum absolute atomic E-state index is 0.128. The number of carbonyl (C=O) groups is 4. The number of aromatic nitrogens is 1. The van der Waals surface area contributed by atoms with Gasteiger partial charge in [0.25, 0.3) is 5.91 Å². The van der Waals surface area contributed by atoms with Crippen molar-refractivity contribution in [1.29, 1.82) is 0 Å². The van der Waals surface area contributed by atoms with Gasteiger partial charge >= 0.3 is 0 Å².